The molecule has 120 valence electrons. The number of carbonyl (C=O) groups excluding carboxylic acids is 1. The van der Waals surface area contributed by atoms with Crippen LogP contribution in [0.2, 0.25) is 0 Å². The molecule has 0 spiro atoms. The number of carbonyl (C=O) groups is 1. The summed E-state index contributed by atoms with van der Waals surface area (Å²) >= 11 is 0. The highest BCUT2D eigenvalue weighted by Crippen LogP contribution is 2.15. The van der Waals surface area contributed by atoms with Gasteiger partial charge in [0, 0.05) is 18.0 Å². The van der Waals surface area contributed by atoms with Crippen LogP contribution < -0.4 is 10.6 Å². The Hall–Kier alpha value is -3.28. The first kappa shape index (κ1) is 15.6. The van der Waals surface area contributed by atoms with Gasteiger partial charge in [0.05, 0.1) is 12.2 Å². The lowest BCUT2D eigenvalue weighted by molar-refractivity contribution is 0.0945. The molecule has 3 aromatic rings. The summed E-state index contributed by atoms with van der Waals surface area (Å²) in [5.74, 6) is 0.300. The summed E-state index contributed by atoms with van der Waals surface area (Å²) in [4.78, 5) is 24.6. The highest BCUT2D eigenvalue weighted by molar-refractivity contribution is 5.92. The fraction of sp³-hybridized carbons (Fsp3) is 0.111. The van der Waals surface area contributed by atoms with Crippen molar-refractivity contribution in [1.82, 2.24) is 20.3 Å². The van der Waals surface area contributed by atoms with E-state index in [-0.39, 0.29) is 5.91 Å². The largest absolute Gasteiger partial charge is 0.345 e. The van der Waals surface area contributed by atoms with E-state index in [1.54, 1.807) is 12.3 Å². The van der Waals surface area contributed by atoms with Crippen LogP contribution in [0.5, 0.6) is 0 Å². The van der Waals surface area contributed by atoms with E-state index in [2.05, 4.69) is 25.6 Å². The molecule has 0 bridgehead atoms. The first-order valence-electron chi connectivity index (χ1n) is 7.54. The van der Waals surface area contributed by atoms with Crippen LogP contribution in [0.1, 0.15) is 21.7 Å². The fourth-order valence-electron chi connectivity index (χ4n) is 2.18. The van der Waals surface area contributed by atoms with Gasteiger partial charge in [-0.1, -0.05) is 18.2 Å². The molecule has 0 aliphatic rings. The zero-order chi connectivity index (χ0) is 16.8. The van der Waals surface area contributed by atoms with E-state index in [1.807, 2.05) is 49.4 Å². The predicted molar refractivity (Wildman–Crippen MR) is 91.9 cm³/mol. The van der Waals surface area contributed by atoms with E-state index in [0.717, 1.165) is 16.9 Å². The van der Waals surface area contributed by atoms with Crippen LogP contribution in [-0.4, -0.2) is 20.9 Å². The summed E-state index contributed by atoms with van der Waals surface area (Å²) in [6.45, 7) is 2.37. The maximum absolute atomic E-state index is 12.2. The molecule has 0 radical (unpaired) electrons. The molecule has 0 unspecified atom stereocenters. The van der Waals surface area contributed by atoms with Gasteiger partial charge in [0.15, 0.2) is 0 Å². The number of benzene rings is 1. The second kappa shape index (κ2) is 7.32. The van der Waals surface area contributed by atoms with Crippen molar-refractivity contribution in [3.8, 4) is 0 Å². The molecule has 0 fully saturated rings. The molecule has 0 saturated heterocycles. The predicted octanol–water partition coefficient (Wildman–Crippen LogP) is 2.85. The van der Waals surface area contributed by atoms with Gasteiger partial charge in [0.2, 0.25) is 0 Å². The van der Waals surface area contributed by atoms with Crippen LogP contribution in [0, 0.1) is 6.92 Å². The molecule has 2 heterocycles. The minimum atomic E-state index is -0.268. The van der Waals surface area contributed by atoms with Gasteiger partial charge < -0.3 is 10.6 Å². The van der Waals surface area contributed by atoms with E-state index < -0.39 is 0 Å². The summed E-state index contributed by atoms with van der Waals surface area (Å²) in [6, 6.07) is 15.1. The minimum Gasteiger partial charge on any atom is -0.345 e. The van der Waals surface area contributed by atoms with Crippen LogP contribution >= 0.6 is 0 Å². The van der Waals surface area contributed by atoms with Crippen LogP contribution in [0.4, 0.5) is 11.5 Å². The molecule has 6 nitrogen and oxygen atoms in total. The Bertz CT molecular complexity index is 836. The monoisotopic (exact) mass is 319 g/mol. The summed E-state index contributed by atoms with van der Waals surface area (Å²) in [7, 11) is 0. The third kappa shape index (κ3) is 4.13. The Morgan fingerprint density at radius 1 is 1.04 bits per heavy atom. The second-order valence-electron chi connectivity index (χ2n) is 5.29. The molecular formula is C18H17N5O. The Balaban J connectivity index is 1.67. The number of aromatic nitrogens is 3. The number of amides is 1. The maximum atomic E-state index is 12.2. The minimum absolute atomic E-state index is 0.268. The lowest BCUT2D eigenvalue weighted by Gasteiger charge is -2.08. The van der Waals surface area contributed by atoms with Gasteiger partial charge in [0.1, 0.15) is 17.8 Å². The van der Waals surface area contributed by atoms with E-state index in [0.29, 0.717) is 18.1 Å². The van der Waals surface area contributed by atoms with Crippen molar-refractivity contribution >= 4 is 17.4 Å². The van der Waals surface area contributed by atoms with Crippen LogP contribution in [-0.2, 0) is 6.54 Å². The number of nitrogens with zero attached hydrogens (tertiary/aromatic N) is 3. The first-order chi connectivity index (χ1) is 11.7. The standard InChI is InChI=1S/C18H17N5O/c1-13-5-4-7-14(9-13)23-17-10-16(21-12-22-17)18(24)20-11-15-6-2-3-8-19-15/h2-10,12H,11H2,1H3,(H,20,24)(H,21,22,23). The third-order valence-corrected chi connectivity index (χ3v) is 3.35. The number of rotatable bonds is 5. The van der Waals surface area contributed by atoms with Gasteiger partial charge in [-0.05, 0) is 36.8 Å². The van der Waals surface area contributed by atoms with Crippen molar-refractivity contribution < 1.29 is 4.79 Å². The van der Waals surface area contributed by atoms with Crippen molar-refractivity contribution in [2.24, 2.45) is 0 Å². The highest BCUT2D eigenvalue weighted by Gasteiger charge is 2.09. The van der Waals surface area contributed by atoms with Crippen LogP contribution in [0.15, 0.2) is 61.1 Å². The topological polar surface area (TPSA) is 79.8 Å². The molecule has 6 heteroatoms. The Labute approximate surface area is 140 Å². The summed E-state index contributed by atoms with van der Waals surface area (Å²) in [5.41, 5.74) is 3.14. The second-order valence-corrected chi connectivity index (χ2v) is 5.29. The maximum Gasteiger partial charge on any atom is 0.270 e. The van der Waals surface area contributed by atoms with Gasteiger partial charge in [0.25, 0.3) is 5.91 Å². The number of nitrogens with one attached hydrogen (secondary N) is 2. The average Bonchev–Trinajstić information content (AvgIpc) is 2.61. The Morgan fingerprint density at radius 2 is 1.96 bits per heavy atom. The quantitative estimate of drug-likeness (QED) is 0.756. The third-order valence-electron chi connectivity index (χ3n) is 3.35. The lowest BCUT2D eigenvalue weighted by atomic mass is 10.2. The summed E-state index contributed by atoms with van der Waals surface area (Å²) < 4.78 is 0. The average molecular weight is 319 g/mol. The normalized spacial score (nSPS) is 10.2. The smallest absolute Gasteiger partial charge is 0.270 e. The fourth-order valence-corrected chi connectivity index (χ4v) is 2.18. The lowest BCUT2D eigenvalue weighted by Crippen LogP contribution is -2.24. The van der Waals surface area contributed by atoms with Gasteiger partial charge in [-0.2, -0.15) is 0 Å². The van der Waals surface area contributed by atoms with Gasteiger partial charge >= 0.3 is 0 Å². The molecule has 0 aliphatic carbocycles. The van der Waals surface area contributed by atoms with Crippen molar-refractivity contribution in [2.75, 3.05) is 5.32 Å². The van der Waals surface area contributed by atoms with Crippen molar-refractivity contribution in [1.29, 1.82) is 0 Å². The highest BCUT2D eigenvalue weighted by atomic mass is 16.1. The molecule has 0 aliphatic heterocycles. The first-order valence-corrected chi connectivity index (χ1v) is 7.54. The number of hydrogen-bond donors (Lipinski definition) is 2. The molecule has 1 aromatic carbocycles. The Morgan fingerprint density at radius 3 is 2.75 bits per heavy atom. The van der Waals surface area contributed by atoms with E-state index in [1.165, 1.54) is 6.33 Å². The van der Waals surface area contributed by atoms with E-state index >= 15 is 0 Å². The molecule has 2 N–H and O–H groups in total. The SMILES string of the molecule is Cc1cccc(Nc2cc(C(=O)NCc3ccccn3)ncn2)c1. The summed E-state index contributed by atoms with van der Waals surface area (Å²) in [5, 5.41) is 5.97. The van der Waals surface area contributed by atoms with Gasteiger partial charge in [-0.25, -0.2) is 9.97 Å². The molecule has 0 atom stereocenters. The molecular weight excluding hydrogens is 302 g/mol. The zero-order valence-corrected chi connectivity index (χ0v) is 13.2. The van der Waals surface area contributed by atoms with E-state index in [9.17, 15) is 4.79 Å². The molecule has 2 aromatic heterocycles. The Kier molecular flexibility index (Phi) is 4.76. The zero-order valence-electron chi connectivity index (χ0n) is 13.2. The van der Waals surface area contributed by atoms with Crippen molar-refractivity contribution in [2.45, 2.75) is 13.5 Å². The number of aryl methyl sites for hydroxylation is 1. The van der Waals surface area contributed by atoms with E-state index in [4.69, 9.17) is 0 Å². The summed E-state index contributed by atoms with van der Waals surface area (Å²) in [6.07, 6.45) is 3.06. The molecule has 1 amide bonds. The van der Waals surface area contributed by atoms with Crippen molar-refractivity contribution in [3.05, 3.63) is 78.0 Å². The molecule has 3 rings (SSSR count). The number of pyridine rings is 1. The van der Waals surface area contributed by atoms with Crippen molar-refractivity contribution in [3.63, 3.8) is 0 Å². The van der Waals surface area contributed by atoms with Crippen LogP contribution in [0.25, 0.3) is 0 Å². The molecule has 0 saturated carbocycles. The molecule has 24 heavy (non-hydrogen) atoms. The van der Waals surface area contributed by atoms with Crippen LogP contribution in [0.3, 0.4) is 0 Å². The van der Waals surface area contributed by atoms with Gasteiger partial charge in [-0.3, -0.25) is 9.78 Å². The van der Waals surface area contributed by atoms with Gasteiger partial charge in [-0.15, -0.1) is 0 Å². The number of hydrogen-bond acceptors (Lipinski definition) is 5. The number of anilines is 2.